The number of halogens is 4. The third-order valence-electron chi connectivity index (χ3n) is 7.20. The van der Waals surface area contributed by atoms with E-state index < -0.39 is 17.6 Å². The van der Waals surface area contributed by atoms with E-state index in [0.29, 0.717) is 30.9 Å². The van der Waals surface area contributed by atoms with Crippen LogP contribution in [0.2, 0.25) is 0 Å². The van der Waals surface area contributed by atoms with Crippen molar-refractivity contribution in [3.8, 4) is 23.1 Å². The van der Waals surface area contributed by atoms with Gasteiger partial charge in [-0.15, -0.1) is 0 Å². The smallest absolute Gasteiger partial charge is 0.318 e. The molecule has 0 saturated carbocycles. The Balaban J connectivity index is 0.000000384. The summed E-state index contributed by atoms with van der Waals surface area (Å²) in [6.07, 6.45) is 1.53. The maximum atomic E-state index is 15.8. The molecule has 13 heteroatoms. The number of nitrogens with one attached hydrogen (secondary N) is 2. The highest BCUT2D eigenvalue weighted by Crippen LogP contribution is 2.39. The predicted octanol–water partition coefficient (Wildman–Crippen LogP) is 5.80. The second-order valence-corrected chi connectivity index (χ2v) is 10.4. The lowest BCUT2D eigenvalue weighted by molar-refractivity contribution is 0.0132. The van der Waals surface area contributed by atoms with Crippen molar-refractivity contribution in [2.45, 2.75) is 71.9 Å². The molecule has 2 aliphatic heterocycles. The van der Waals surface area contributed by atoms with Gasteiger partial charge in [-0.3, -0.25) is 4.90 Å². The number of nitrogen functional groups attached to an aromatic ring is 1. The van der Waals surface area contributed by atoms with Crippen LogP contribution in [0.5, 0.6) is 11.9 Å². The highest BCUT2D eigenvalue weighted by molar-refractivity contribution is 5.96. The zero-order valence-electron chi connectivity index (χ0n) is 26.0. The van der Waals surface area contributed by atoms with Crippen LogP contribution in [-0.4, -0.2) is 78.3 Å². The summed E-state index contributed by atoms with van der Waals surface area (Å²) < 4.78 is 66.7. The molecule has 43 heavy (non-hydrogen) atoms. The molecule has 2 aliphatic rings. The number of anilines is 2. The Labute approximate surface area is 250 Å². The molecule has 0 bridgehead atoms. The number of hydrogen-bond donors (Lipinski definition) is 3. The summed E-state index contributed by atoms with van der Waals surface area (Å²) in [7, 11) is 3.20. The first-order chi connectivity index (χ1) is 20.5. The molecule has 2 unspecified atom stereocenters. The fourth-order valence-corrected chi connectivity index (χ4v) is 4.79. The van der Waals surface area contributed by atoms with Gasteiger partial charge < -0.3 is 25.8 Å². The molecule has 2 saturated heterocycles. The van der Waals surface area contributed by atoms with Gasteiger partial charge in [0.05, 0.1) is 25.4 Å². The Morgan fingerprint density at radius 1 is 1.14 bits per heavy atom. The number of methoxy groups -OCH3 is 1. The molecule has 4 N–H and O–H groups in total. The van der Waals surface area contributed by atoms with Crippen molar-refractivity contribution in [2.75, 3.05) is 51.4 Å². The summed E-state index contributed by atoms with van der Waals surface area (Å²) in [5.74, 6) is -3.55. The minimum absolute atomic E-state index is 0.0116. The third kappa shape index (κ3) is 7.94. The van der Waals surface area contributed by atoms with Gasteiger partial charge in [0, 0.05) is 37.7 Å². The lowest BCUT2D eigenvalue weighted by Crippen LogP contribution is -2.42. The number of alkyl halides is 2. The number of ether oxygens (including phenoxy) is 2. The van der Waals surface area contributed by atoms with E-state index >= 15 is 4.39 Å². The molecule has 0 amide bonds. The summed E-state index contributed by atoms with van der Waals surface area (Å²) in [6.45, 7) is 11.6. The molecule has 238 valence electrons. The normalized spacial score (nSPS) is 17.5. The first-order valence-electron chi connectivity index (χ1n) is 14.7. The van der Waals surface area contributed by atoms with Gasteiger partial charge in [-0.25, -0.2) is 22.5 Å². The Morgan fingerprint density at radius 2 is 1.86 bits per heavy atom. The fraction of sp³-hybridized carbons (Fsp3) is 0.567. The largest absolute Gasteiger partial charge is 0.474 e. The summed E-state index contributed by atoms with van der Waals surface area (Å²) in [5.41, 5.74) is 5.94. The van der Waals surface area contributed by atoms with Gasteiger partial charge in [-0.05, 0) is 51.4 Å². The molecule has 2 fully saturated rings. The quantitative estimate of drug-likeness (QED) is 0.157. The molecule has 5 rings (SSSR count). The number of aromatic nitrogens is 3. The lowest BCUT2D eigenvalue weighted by Gasteiger charge is -2.33. The van der Waals surface area contributed by atoms with Crippen LogP contribution in [0, 0.1) is 18.6 Å². The SMILES string of the molecule is CC.CCC(C)Oc1nc(-c2cc(C)cc(N)c2F)c(F)c2nc(OC)nc(NCCNC)c12.FC1(F)CC2CCN2C1. The number of aryl methyl sites for hydroxylation is 1. The maximum absolute atomic E-state index is 15.8. The highest BCUT2D eigenvalue weighted by Gasteiger charge is 2.48. The van der Waals surface area contributed by atoms with E-state index in [4.69, 9.17) is 15.2 Å². The van der Waals surface area contributed by atoms with Crippen LogP contribution in [-0.2, 0) is 0 Å². The summed E-state index contributed by atoms with van der Waals surface area (Å²) in [6, 6.07) is 3.14. The van der Waals surface area contributed by atoms with E-state index in [1.54, 1.807) is 6.92 Å². The predicted molar refractivity (Wildman–Crippen MR) is 162 cm³/mol. The van der Waals surface area contributed by atoms with Crippen molar-refractivity contribution >= 4 is 22.4 Å². The van der Waals surface area contributed by atoms with E-state index in [9.17, 15) is 13.2 Å². The summed E-state index contributed by atoms with van der Waals surface area (Å²) >= 11 is 0. The number of hydrogen-bond acceptors (Lipinski definition) is 9. The van der Waals surface area contributed by atoms with Gasteiger partial charge in [0.2, 0.25) is 5.88 Å². The van der Waals surface area contributed by atoms with Gasteiger partial charge in [0.15, 0.2) is 11.6 Å². The molecule has 0 radical (unpaired) electrons. The molecule has 2 aromatic heterocycles. The topological polar surface area (TPSA) is 110 Å². The van der Waals surface area contributed by atoms with Crippen molar-refractivity contribution in [3.05, 3.63) is 29.3 Å². The number of nitrogens with two attached hydrogens (primary N) is 1. The van der Waals surface area contributed by atoms with E-state index in [1.165, 1.54) is 19.2 Å². The fourth-order valence-electron chi connectivity index (χ4n) is 4.79. The average Bonchev–Trinajstić information content (AvgIpc) is 3.19. The van der Waals surface area contributed by atoms with Crippen molar-refractivity contribution in [1.82, 2.24) is 25.2 Å². The van der Waals surface area contributed by atoms with Crippen LogP contribution in [0.3, 0.4) is 0 Å². The van der Waals surface area contributed by atoms with Crippen LogP contribution >= 0.6 is 0 Å². The zero-order valence-corrected chi connectivity index (χ0v) is 26.0. The molecule has 4 heterocycles. The monoisotopic (exact) mass is 609 g/mol. The first-order valence-corrected chi connectivity index (χ1v) is 14.7. The van der Waals surface area contributed by atoms with E-state index in [-0.39, 0.29) is 64.8 Å². The van der Waals surface area contributed by atoms with Gasteiger partial charge in [0.1, 0.15) is 22.4 Å². The number of benzene rings is 1. The van der Waals surface area contributed by atoms with Crippen molar-refractivity contribution < 1.29 is 27.0 Å². The Hall–Kier alpha value is -3.45. The Kier molecular flexibility index (Phi) is 11.7. The molecule has 0 spiro atoms. The zero-order chi connectivity index (χ0) is 31.9. The van der Waals surface area contributed by atoms with Crippen LogP contribution in [0.1, 0.15) is 52.5 Å². The van der Waals surface area contributed by atoms with E-state index in [1.807, 2.05) is 39.6 Å². The van der Waals surface area contributed by atoms with Gasteiger partial charge in [0.25, 0.3) is 5.92 Å². The Bertz CT molecular complexity index is 1380. The van der Waals surface area contributed by atoms with Crippen LogP contribution in [0.25, 0.3) is 22.2 Å². The molecular weight excluding hydrogens is 566 g/mol. The molecule has 3 aromatic rings. The Morgan fingerprint density at radius 3 is 2.40 bits per heavy atom. The van der Waals surface area contributed by atoms with Crippen LogP contribution in [0.15, 0.2) is 12.1 Å². The number of rotatable bonds is 9. The van der Waals surface area contributed by atoms with Crippen molar-refractivity contribution in [1.29, 1.82) is 0 Å². The minimum atomic E-state index is -2.37. The highest BCUT2D eigenvalue weighted by atomic mass is 19.3. The van der Waals surface area contributed by atoms with Gasteiger partial charge in [-0.2, -0.15) is 9.97 Å². The minimum Gasteiger partial charge on any atom is -0.474 e. The molecule has 0 aliphatic carbocycles. The lowest BCUT2D eigenvalue weighted by atomic mass is 10.0. The standard InChI is InChI=1S/C22H28F2N6O2.C6H9F2N.C2H6/c1-6-12(3)32-21-15-19(29-22(31-5)30-20(15)27-8-7-26-4)17(24)18(28-21)13-9-11(2)10-14(25)16(13)23;7-6(8)3-5-1-2-9(5)4-6;1-2/h9-10,12,26H,6-8,25H2,1-5H3,(H,27,29,30);5H,1-4H2;1-2H3. The van der Waals surface area contributed by atoms with Gasteiger partial charge in [-0.1, -0.05) is 20.8 Å². The van der Waals surface area contributed by atoms with E-state index in [2.05, 4.69) is 25.6 Å². The average molecular weight is 610 g/mol. The molecule has 2 atom stereocenters. The summed E-state index contributed by atoms with van der Waals surface area (Å²) in [4.78, 5) is 14.8. The number of likely N-dealkylation sites (N-methyl/N-ethyl adjacent to an activating group) is 1. The molecule has 9 nitrogen and oxygen atoms in total. The van der Waals surface area contributed by atoms with Crippen LogP contribution in [0.4, 0.5) is 29.1 Å². The number of fused-ring (bicyclic) bond motifs is 2. The van der Waals surface area contributed by atoms with E-state index in [0.717, 1.165) is 13.0 Å². The maximum Gasteiger partial charge on any atom is 0.318 e. The van der Waals surface area contributed by atoms with Crippen molar-refractivity contribution in [2.24, 2.45) is 0 Å². The first kappa shape index (κ1) is 34.0. The summed E-state index contributed by atoms with van der Waals surface area (Å²) in [5, 5.41) is 6.41. The second-order valence-electron chi connectivity index (χ2n) is 10.4. The third-order valence-corrected chi connectivity index (χ3v) is 7.20. The van der Waals surface area contributed by atoms with Crippen LogP contribution < -0.4 is 25.8 Å². The van der Waals surface area contributed by atoms with Crippen molar-refractivity contribution in [3.63, 3.8) is 0 Å². The molecule has 1 aromatic carbocycles. The molecular formula is C30H43F4N7O2. The number of nitrogens with zero attached hydrogens (tertiary/aromatic N) is 4. The van der Waals surface area contributed by atoms with Gasteiger partial charge >= 0.3 is 6.01 Å². The number of pyridine rings is 1. The second kappa shape index (κ2) is 14.8.